The predicted octanol–water partition coefficient (Wildman–Crippen LogP) is 3.20. The molecule has 2 rings (SSSR count). The fourth-order valence-electron chi connectivity index (χ4n) is 1.17. The van der Waals surface area contributed by atoms with Crippen molar-refractivity contribution in [3.8, 4) is 0 Å². The van der Waals surface area contributed by atoms with Gasteiger partial charge in [0.1, 0.15) is 10.3 Å². The highest BCUT2D eigenvalue weighted by atomic mass is 32.1. The monoisotopic (exact) mass is 192 g/mol. The first-order valence-electron chi connectivity index (χ1n) is 4.52. The smallest absolute Gasteiger partial charge is 0.143 e. The van der Waals surface area contributed by atoms with Crippen molar-refractivity contribution in [3.63, 3.8) is 0 Å². The highest BCUT2D eigenvalue weighted by molar-refractivity contribution is 7.18. The maximum Gasteiger partial charge on any atom is 0.143 e. The Morgan fingerprint density at radius 3 is 3.08 bits per heavy atom. The Bertz CT molecular complexity index is 375. The molecular weight excluding hydrogens is 180 g/mol. The Kier molecular flexibility index (Phi) is 2.27. The Balaban J connectivity index is 2.49. The lowest BCUT2D eigenvalue weighted by Gasteiger charge is -2.00. The number of pyridine rings is 1. The zero-order valence-corrected chi connectivity index (χ0v) is 8.64. The second-order valence-electron chi connectivity index (χ2n) is 3.19. The lowest BCUT2D eigenvalue weighted by Crippen LogP contribution is -1.88. The van der Waals surface area contributed by atoms with Crippen LogP contribution in [0.25, 0.3) is 10.3 Å². The minimum Gasteiger partial charge on any atom is -0.244 e. The minimum atomic E-state index is 0.555. The fraction of sp³-hybridized carbons (Fsp3) is 0.400. The van der Waals surface area contributed by atoms with Crippen molar-refractivity contribution in [2.45, 2.75) is 26.2 Å². The van der Waals surface area contributed by atoms with E-state index in [1.165, 1.54) is 5.01 Å². The van der Waals surface area contributed by atoms with E-state index in [2.05, 4.69) is 23.8 Å². The van der Waals surface area contributed by atoms with Crippen LogP contribution in [-0.4, -0.2) is 9.97 Å². The maximum atomic E-state index is 4.54. The molecule has 0 fully saturated rings. The van der Waals surface area contributed by atoms with Crippen LogP contribution in [-0.2, 0) is 0 Å². The molecule has 0 spiro atoms. The Morgan fingerprint density at radius 1 is 1.54 bits per heavy atom. The van der Waals surface area contributed by atoms with Crippen LogP contribution in [0.2, 0.25) is 0 Å². The molecule has 0 saturated carbocycles. The molecule has 0 N–H and O–H groups in total. The van der Waals surface area contributed by atoms with E-state index in [1.54, 1.807) is 11.3 Å². The van der Waals surface area contributed by atoms with Crippen LogP contribution in [0.3, 0.4) is 0 Å². The second kappa shape index (κ2) is 3.42. The summed E-state index contributed by atoms with van der Waals surface area (Å²) in [4.78, 5) is 9.87. The van der Waals surface area contributed by atoms with Crippen LogP contribution < -0.4 is 0 Å². The number of aromatic nitrogens is 2. The molecule has 0 aliphatic rings. The lowest BCUT2D eigenvalue weighted by molar-refractivity contribution is 0.729. The van der Waals surface area contributed by atoms with Crippen LogP contribution >= 0.6 is 11.3 Å². The minimum absolute atomic E-state index is 0.555. The first kappa shape index (κ1) is 8.63. The summed E-state index contributed by atoms with van der Waals surface area (Å²) >= 11 is 1.71. The van der Waals surface area contributed by atoms with Crippen molar-refractivity contribution in [2.24, 2.45) is 0 Å². The molecule has 0 amide bonds. The first-order chi connectivity index (χ1) is 6.31. The van der Waals surface area contributed by atoms with Gasteiger partial charge >= 0.3 is 0 Å². The second-order valence-corrected chi connectivity index (χ2v) is 4.20. The molecule has 1 unspecified atom stereocenters. The molecule has 13 heavy (non-hydrogen) atoms. The number of thiazole rings is 1. The average molecular weight is 192 g/mol. The van der Waals surface area contributed by atoms with E-state index < -0.39 is 0 Å². The van der Waals surface area contributed by atoms with Gasteiger partial charge in [0.2, 0.25) is 0 Å². The molecular formula is C10H12N2S. The van der Waals surface area contributed by atoms with Crippen molar-refractivity contribution >= 4 is 21.7 Å². The SMILES string of the molecule is CCC(C)c1nc2cccnc2s1. The van der Waals surface area contributed by atoms with E-state index in [9.17, 15) is 0 Å². The third-order valence-corrected chi connectivity index (χ3v) is 3.43. The van der Waals surface area contributed by atoms with Gasteiger partial charge in [0.05, 0.1) is 5.01 Å². The Labute approximate surface area is 81.7 Å². The average Bonchev–Trinajstić information content (AvgIpc) is 2.59. The van der Waals surface area contributed by atoms with Crippen LogP contribution in [0.15, 0.2) is 18.3 Å². The molecule has 2 aromatic heterocycles. The molecule has 1 atom stereocenters. The molecule has 3 heteroatoms. The summed E-state index contributed by atoms with van der Waals surface area (Å²) in [5.41, 5.74) is 1.03. The normalized spacial score (nSPS) is 13.4. The van der Waals surface area contributed by atoms with Gasteiger partial charge in [0.25, 0.3) is 0 Å². The van der Waals surface area contributed by atoms with Gasteiger partial charge in [-0.3, -0.25) is 0 Å². The quantitative estimate of drug-likeness (QED) is 0.730. The number of rotatable bonds is 2. The van der Waals surface area contributed by atoms with Crippen molar-refractivity contribution in [1.29, 1.82) is 0 Å². The lowest BCUT2D eigenvalue weighted by atomic mass is 10.1. The van der Waals surface area contributed by atoms with Crippen molar-refractivity contribution < 1.29 is 0 Å². The fourth-order valence-corrected chi connectivity index (χ4v) is 2.21. The van der Waals surface area contributed by atoms with Gasteiger partial charge in [-0.25, -0.2) is 9.97 Å². The van der Waals surface area contributed by atoms with Crippen LogP contribution in [0.4, 0.5) is 0 Å². The van der Waals surface area contributed by atoms with Gasteiger partial charge in [-0.05, 0) is 18.6 Å². The zero-order valence-electron chi connectivity index (χ0n) is 7.82. The summed E-state index contributed by atoms with van der Waals surface area (Å²) in [5, 5.41) is 1.20. The van der Waals surface area contributed by atoms with E-state index in [0.717, 1.165) is 16.8 Å². The number of fused-ring (bicyclic) bond motifs is 1. The van der Waals surface area contributed by atoms with E-state index >= 15 is 0 Å². The Hall–Kier alpha value is -0.960. The molecule has 0 radical (unpaired) electrons. The summed E-state index contributed by atoms with van der Waals surface area (Å²) in [6.07, 6.45) is 2.96. The van der Waals surface area contributed by atoms with Gasteiger partial charge in [0.15, 0.2) is 0 Å². The third-order valence-electron chi connectivity index (χ3n) is 2.22. The van der Waals surface area contributed by atoms with Crippen molar-refractivity contribution in [2.75, 3.05) is 0 Å². The molecule has 68 valence electrons. The van der Waals surface area contributed by atoms with Crippen molar-refractivity contribution in [3.05, 3.63) is 23.3 Å². The molecule has 0 aliphatic carbocycles. The van der Waals surface area contributed by atoms with Crippen LogP contribution in [0.5, 0.6) is 0 Å². The van der Waals surface area contributed by atoms with E-state index in [4.69, 9.17) is 0 Å². The van der Waals surface area contributed by atoms with Crippen LogP contribution in [0, 0.1) is 0 Å². The maximum absolute atomic E-state index is 4.54. The highest BCUT2D eigenvalue weighted by Crippen LogP contribution is 2.27. The topological polar surface area (TPSA) is 25.8 Å². The number of nitrogens with zero attached hydrogens (tertiary/aromatic N) is 2. The molecule has 2 aromatic rings. The largest absolute Gasteiger partial charge is 0.244 e. The summed E-state index contributed by atoms with van der Waals surface area (Å²) in [6, 6.07) is 3.95. The van der Waals surface area contributed by atoms with Gasteiger partial charge in [-0.2, -0.15) is 0 Å². The van der Waals surface area contributed by atoms with Gasteiger partial charge < -0.3 is 0 Å². The van der Waals surface area contributed by atoms with Crippen molar-refractivity contribution in [1.82, 2.24) is 9.97 Å². The molecule has 2 nitrogen and oxygen atoms in total. The van der Waals surface area contributed by atoms with E-state index in [1.807, 2.05) is 18.3 Å². The summed E-state index contributed by atoms with van der Waals surface area (Å²) in [5.74, 6) is 0.555. The number of hydrogen-bond acceptors (Lipinski definition) is 3. The van der Waals surface area contributed by atoms with Gasteiger partial charge in [-0.1, -0.05) is 25.2 Å². The third kappa shape index (κ3) is 1.56. The first-order valence-corrected chi connectivity index (χ1v) is 5.34. The summed E-state index contributed by atoms with van der Waals surface area (Å²) < 4.78 is 0. The predicted molar refractivity (Wildman–Crippen MR) is 56.1 cm³/mol. The van der Waals surface area contributed by atoms with Gasteiger partial charge in [0, 0.05) is 12.1 Å². The summed E-state index contributed by atoms with van der Waals surface area (Å²) in [7, 11) is 0. The zero-order chi connectivity index (χ0) is 9.26. The number of hydrogen-bond donors (Lipinski definition) is 0. The molecule has 0 aromatic carbocycles. The van der Waals surface area contributed by atoms with Gasteiger partial charge in [-0.15, -0.1) is 0 Å². The van der Waals surface area contributed by atoms with Crippen LogP contribution in [0.1, 0.15) is 31.2 Å². The standard InChI is InChI=1S/C10H12N2S/c1-3-7(2)9-12-8-5-4-6-11-10(8)13-9/h4-7H,3H2,1-2H3. The van der Waals surface area contributed by atoms with E-state index in [-0.39, 0.29) is 0 Å². The van der Waals surface area contributed by atoms with E-state index in [0.29, 0.717) is 5.92 Å². The molecule has 0 saturated heterocycles. The Morgan fingerprint density at radius 2 is 2.38 bits per heavy atom. The molecule has 0 bridgehead atoms. The molecule has 0 aliphatic heterocycles. The molecule has 2 heterocycles. The summed E-state index contributed by atoms with van der Waals surface area (Å²) in [6.45, 7) is 4.39. The highest BCUT2D eigenvalue weighted by Gasteiger charge is 2.09.